The molecular weight excluding hydrogens is 458 g/mol. The van der Waals surface area contributed by atoms with E-state index in [-0.39, 0.29) is 42.8 Å². The molecule has 0 saturated carbocycles. The van der Waals surface area contributed by atoms with Crippen molar-refractivity contribution in [2.24, 2.45) is 0 Å². The second kappa shape index (κ2) is 10.1. The molecule has 0 radical (unpaired) electrons. The average molecular weight is 488 g/mol. The first kappa shape index (κ1) is 24.2. The largest absolute Gasteiger partial charge is 0.493 e. The summed E-state index contributed by atoms with van der Waals surface area (Å²) in [6.07, 6.45) is 0.629. The SMILES string of the molecule is COc1ccc(CCN2C(=O)C[C@@H](N3CCN(S(=O)(=O)c4ccccc4)CC3)C2=O)cc1OC. The van der Waals surface area contributed by atoms with Crippen molar-refractivity contribution in [1.82, 2.24) is 14.1 Å². The van der Waals surface area contributed by atoms with E-state index in [4.69, 9.17) is 9.47 Å². The normalized spacial score (nSPS) is 20.1. The molecule has 9 nitrogen and oxygen atoms in total. The van der Waals surface area contributed by atoms with Crippen molar-refractivity contribution in [2.75, 3.05) is 46.9 Å². The fourth-order valence-electron chi connectivity index (χ4n) is 4.46. The van der Waals surface area contributed by atoms with E-state index < -0.39 is 16.1 Å². The van der Waals surface area contributed by atoms with Crippen LogP contribution in [0.4, 0.5) is 0 Å². The molecule has 0 spiro atoms. The molecule has 2 aliphatic heterocycles. The van der Waals surface area contributed by atoms with E-state index >= 15 is 0 Å². The highest BCUT2D eigenvalue weighted by Crippen LogP contribution is 2.28. The van der Waals surface area contributed by atoms with Crippen LogP contribution in [0.2, 0.25) is 0 Å². The third kappa shape index (κ3) is 4.79. The minimum absolute atomic E-state index is 0.121. The van der Waals surface area contributed by atoms with Crippen LogP contribution in [0.5, 0.6) is 11.5 Å². The van der Waals surface area contributed by atoms with Gasteiger partial charge >= 0.3 is 0 Å². The fourth-order valence-corrected chi connectivity index (χ4v) is 5.90. The van der Waals surface area contributed by atoms with Gasteiger partial charge in [-0.25, -0.2) is 8.42 Å². The van der Waals surface area contributed by atoms with Crippen molar-refractivity contribution in [1.29, 1.82) is 0 Å². The fraction of sp³-hybridized carbons (Fsp3) is 0.417. The van der Waals surface area contributed by atoms with E-state index in [2.05, 4.69) is 0 Å². The van der Waals surface area contributed by atoms with E-state index in [0.29, 0.717) is 31.0 Å². The van der Waals surface area contributed by atoms with Gasteiger partial charge in [-0.15, -0.1) is 0 Å². The predicted octanol–water partition coefficient (Wildman–Crippen LogP) is 1.38. The van der Waals surface area contributed by atoms with E-state index in [1.54, 1.807) is 50.6 Å². The Balaban J connectivity index is 1.35. The van der Waals surface area contributed by atoms with Gasteiger partial charge in [-0.2, -0.15) is 4.31 Å². The quantitative estimate of drug-likeness (QED) is 0.519. The van der Waals surface area contributed by atoms with Crippen molar-refractivity contribution < 1.29 is 27.5 Å². The van der Waals surface area contributed by atoms with Crippen LogP contribution >= 0.6 is 0 Å². The number of ether oxygens (including phenoxy) is 2. The van der Waals surface area contributed by atoms with Crippen molar-refractivity contribution in [3.63, 3.8) is 0 Å². The molecule has 0 bridgehead atoms. The first-order chi connectivity index (χ1) is 16.3. The molecule has 2 amide bonds. The number of benzene rings is 2. The van der Waals surface area contributed by atoms with Crippen LogP contribution in [-0.4, -0.2) is 87.3 Å². The van der Waals surface area contributed by atoms with Gasteiger partial charge in [-0.05, 0) is 36.2 Å². The number of hydrogen-bond acceptors (Lipinski definition) is 7. The number of rotatable bonds is 8. The first-order valence-electron chi connectivity index (χ1n) is 11.2. The van der Waals surface area contributed by atoms with Crippen LogP contribution in [0.1, 0.15) is 12.0 Å². The molecule has 182 valence electrons. The summed E-state index contributed by atoms with van der Waals surface area (Å²) < 4.78 is 37.7. The van der Waals surface area contributed by atoms with Crippen molar-refractivity contribution in [3.05, 3.63) is 54.1 Å². The Morgan fingerprint density at radius 2 is 1.59 bits per heavy atom. The lowest BCUT2D eigenvalue weighted by Gasteiger charge is -2.36. The van der Waals surface area contributed by atoms with Crippen molar-refractivity contribution in [2.45, 2.75) is 23.8 Å². The summed E-state index contributed by atoms with van der Waals surface area (Å²) >= 11 is 0. The Hall–Kier alpha value is -2.95. The number of nitrogens with zero attached hydrogens (tertiary/aromatic N) is 3. The molecule has 1 atom stereocenters. The molecule has 2 aromatic rings. The van der Waals surface area contributed by atoms with Gasteiger partial charge < -0.3 is 9.47 Å². The van der Waals surface area contributed by atoms with Gasteiger partial charge in [0.05, 0.1) is 31.6 Å². The molecule has 2 saturated heterocycles. The van der Waals surface area contributed by atoms with Crippen LogP contribution in [0.3, 0.4) is 0 Å². The monoisotopic (exact) mass is 487 g/mol. The Morgan fingerprint density at radius 1 is 0.912 bits per heavy atom. The van der Waals surface area contributed by atoms with Gasteiger partial charge in [-0.1, -0.05) is 24.3 Å². The molecule has 2 aromatic carbocycles. The molecule has 10 heteroatoms. The van der Waals surface area contributed by atoms with Gasteiger partial charge in [0.1, 0.15) is 0 Å². The lowest BCUT2D eigenvalue weighted by atomic mass is 10.1. The highest BCUT2D eigenvalue weighted by molar-refractivity contribution is 7.89. The van der Waals surface area contributed by atoms with Gasteiger partial charge in [0.2, 0.25) is 21.8 Å². The number of piperazine rings is 1. The molecular formula is C24H29N3O6S. The Morgan fingerprint density at radius 3 is 2.24 bits per heavy atom. The van der Waals surface area contributed by atoms with Crippen LogP contribution in [0.15, 0.2) is 53.4 Å². The van der Waals surface area contributed by atoms with Gasteiger partial charge in [0, 0.05) is 32.7 Å². The van der Waals surface area contributed by atoms with E-state index in [0.717, 1.165) is 5.56 Å². The summed E-state index contributed by atoms with van der Waals surface area (Å²) in [7, 11) is -0.443. The second-order valence-corrected chi connectivity index (χ2v) is 10.2. The van der Waals surface area contributed by atoms with Crippen LogP contribution in [0.25, 0.3) is 0 Å². The van der Waals surface area contributed by atoms with Crippen LogP contribution in [0, 0.1) is 0 Å². The molecule has 0 unspecified atom stereocenters. The maximum atomic E-state index is 13.0. The van der Waals surface area contributed by atoms with Gasteiger partial charge in [0.25, 0.3) is 0 Å². The van der Waals surface area contributed by atoms with Crippen molar-refractivity contribution >= 4 is 21.8 Å². The maximum absolute atomic E-state index is 13.0. The predicted molar refractivity (Wildman–Crippen MR) is 125 cm³/mol. The molecule has 2 aliphatic rings. The molecule has 34 heavy (non-hydrogen) atoms. The Labute approximate surface area is 199 Å². The number of amides is 2. The molecule has 0 aromatic heterocycles. The minimum Gasteiger partial charge on any atom is -0.493 e. The van der Waals surface area contributed by atoms with Gasteiger partial charge in [-0.3, -0.25) is 19.4 Å². The number of carbonyl (C=O) groups is 2. The molecule has 0 aliphatic carbocycles. The van der Waals surface area contributed by atoms with E-state index in [9.17, 15) is 18.0 Å². The van der Waals surface area contributed by atoms with Crippen LogP contribution < -0.4 is 9.47 Å². The summed E-state index contributed by atoms with van der Waals surface area (Å²) in [5.74, 6) is 0.799. The number of carbonyl (C=O) groups excluding carboxylic acids is 2. The zero-order valence-corrected chi connectivity index (χ0v) is 20.2. The lowest BCUT2D eigenvalue weighted by molar-refractivity contribution is -0.139. The molecule has 2 fully saturated rings. The second-order valence-electron chi connectivity index (χ2n) is 8.30. The summed E-state index contributed by atoms with van der Waals surface area (Å²) in [6, 6.07) is 13.3. The number of sulfonamides is 1. The summed E-state index contributed by atoms with van der Waals surface area (Å²) in [5, 5.41) is 0. The zero-order chi connectivity index (χ0) is 24.3. The Bertz CT molecular complexity index is 1150. The summed E-state index contributed by atoms with van der Waals surface area (Å²) in [5.41, 5.74) is 0.932. The highest BCUT2D eigenvalue weighted by Gasteiger charge is 2.43. The standard InChI is InChI=1S/C24H29N3O6S/c1-32-21-9-8-18(16-22(21)33-2)10-11-27-23(28)17-20(24(27)29)25-12-14-26(15-13-25)34(30,31)19-6-4-3-5-7-19/h3-9,16,20H,10-15,17H2,1-2H3/t20-/m1/s1. The third-order valence-electron chi connectivity index (χ3n) is 6.39. The lowest BCUT2D eigenvalue weighted by Crippen LogP contribution is -2.53. The number of likely N-dealkylation sites (tertiary alicyclic amines) is 1. The summed E-state index contributed by atoms with van der Waals surface area (Å²) in [4.78, 5) is 29.2. The Kier molecular flexibility index (Phi) is 7.20. The van der Waals surface area contributed by atoms with Gasteiger partial charge in [0.15, 0.2) is 11.5 Å². The molecule has 2 heterocycles. The topological polar surface area (TPSA) is 96.5 Å². The number of imide groups is 1. The molecule has 0 N–H and O–H groups in total. The average Bonchev–Trinajstić information content (AvgIpc) is 3.16. The molecule has 4 rings (SSSR count). The number of methoxy groups -OCH3 is 2. The first-order valence-corrected chi connectivity index (χ1v) is 12.6. The third-order valence-corrected chi connectivity index (χ3v) is 8.30. The van der Waals surface area contributed by atoms with E-state index in [1.807, 2.05) is 17.0 Å². The smallest absolute Gasteiger partial charge is 0.247 e. The van der Waals surface area contributed by atoms with E-state index in [1.165, 1.54) is 9.21 Å². The highest BCUT2D eigenvalue weighted by atomic mass is 32.2. The maximum Gasteiger partial charge on any atom is 0.247 e. The van der Waals surface area contributed by atoms with Crippen LogP contribution in [-0.2, 0) is 26.0 Å². The number of hydrogen-bond donors (Lipinski definition) is 0. The van der Waals surface area contributed by atoms with Crippen molar-refractivity contribution in [3.8, 4) is 11.5 Å². The zero-order valence-electron chi connectivity index (χ0n) is 19.3. The minimum atomic E-state index is -3.57. The summed E-state index contributed by atoms with van der Waals surface area (Å²) in [6.45, 7) is 1.65.